The van der Waals surface area contributed by atoms with Gasteiger partial charge in [0.15, 0.2) is 0 Å². The average molecular weight is 236 g/mol. The van der Waals surface area contributed by atoms with Gasteiger partial charge >= 0.3 is 5.97 Å². The van der Waals surface area contributed by atoms with Crippen molar-refractivity contribution in [3.05, 3.63) is 17.6 Å². The highest BCUT2D eigenvalue weighted by molar-refractivity contribution is 5.85. The number of hydrogen-bond donors (Lipinski definition) is 2. The first-order chi connectivity index (χ1) is 8.08. The molecule has 1 fully saturated rings. The summed E-state index contributed by atoms with van der Waals surface area (Å²) in [5.41, 5.74) is 6.43. The molecule has 0 spiro atoms. The third-order valence-electron chi connectivity index (χ3n) is 2.75. The van der Waals surface area contributed by atoms with Crippen molar-refractivity contribution in [2.45, 2.75) is 31.8 Å². The van der Waals surface area contributed by atoms with Crippen molar-refractivity contribution in [2.24, 2.45) is 5.73 Å². The number of esters is 1. The smallest absolute Gasteiger partial charge is 0.376 e. The van der Waals surface area contributed by atoms with E-state index < -0.39 is 5.97 Å². The van der Waals surface area contributed by atoms with E-state index in [4.69, 9.17) is 5.73 Å². The quantitative estimate of drug-likeness (QED) is 0.741. The van der Waals surface area contributed by atoms with Crippen molar-refractivity contribution in [2.75, 3.05) is 12.4 Å². The highest BCUT2D eigenvalue weighted by Gasteiger charge is 2.26. The van der Waals surface area contributed by atoms with Gasteiger partial charge in [-0.2, -0.15) is 0 Å². The number of aromatic nitrogens is 2. The Balaban J connectivity index is 2.11. The van der Waals surface area contributed by atoms with Crippen molar-refractivity contribution in [1.82, 2.24) is 9.97 Å². The molecule has 0 aromatic carbocycles. The zero-order valence-electron chi connectivity index (χ0n) is 9.93. The molecular formula is C11H16N4O2. The van der Waals surface area contributed by atoms with Crippen molar-refractivity contribution in [3.63, 3.8) is 0 Å². The van der Waals surface area contributed by atoms with Gasteiger partial charge in [-0.1, -0.05) is 0 Å². The van der Waals surface area contributed by atoms with Crippen LogP contribution in [0.15, 0.2) is 6.07 Å². The first-order valence-electron chi connectivity index (χ1n) is 5.54. The number of ether oxygens (including phenoxy) is 1. The zero-order valence-corrected chi connectivity index (χ0v) is 9.93. The molecule has 0 atom stereocenters. The van der Waals surface area contributed by atoms with Gasteiger partial charge in [-0.3, -0.25) is 0 Å². The predicted molar refractivity (Wildman–Crippen MR) is 62.7 cm³/mol. The molecule has 92 valence electrons. The molecule has 17 heavy (non-hydrogen) atoms. The van der Waals surface area contributed by atoms with Crippen LogP contribution in [0.4, 0.5) is 5.82 Å². The number of nitrogens with two attached hydrogens (primary N) is 1. The van der Waals surface area contributed by atoms with E-state index >= 15 is 0 Å². The Bertz CT molecular complexity index is 429. The molecule has 1 aliphatic carbocycles. The predicted octanol–water partition coefficient (Wildman–Crippen LogP) is 0.473. The van der Waals surface area contributed by atoms with Crippen LogP contribution in [0.5, 0.6) is 0 Å². The number of methoxy groups -OCH3 is 1. The molecule has 3 N–H and O–H groups in total. The molecule has 6 nitrogen and oxygen atoms in total. The lowest BCUT2D eigenvalue weighted by Crippen LogP contribution is -2.44. The molecule has 0 unspecified atom stereocenters. The van der Waals surface area contributed by atoms with Crippen LogP contribution in [-0.2, 0) is 4.74 Å². The van der Waals surface area contributed by atoms with Crippen LogP contribution < -0.4 is 11.1 Å². The van der Waals surface area contributed by atoms with Crippen LogP contribution >= 0.6 is 0 Å². The summed E-state index contributed by atoms with van der Waals surface area (Å²) in [5, 5.41) is 3.23. The second-order valence-corrected chi connectivity index (χ2v) is 4.28. The molecule has 0 bridgehead atoms. The zero-order chi connectivity index (χ0) is 12.4. The Morgan fingerprint density at radius 2 is 2.24 bits per heavy atom. The second kappa shape index (κ2) is 4.67. The molecule has 1 aliphatic rings. The molecule has 6 heteroatoms. The Labute approximate surface area is 99.6 Å². The SMILES string of the molecule is COC(=O)c1nc(C)cc(NC2CC(N)C2)n1. The molecule has 1 aromatic heterocycles. The van der Waals surface area contributed by atoms with Gasteiger partial charge in [-0.15, -0.1) is 0 Å². The summed E-state index contributed by atoms with van der Waals surface area (Å²) in [4.78, 5) is 19.5. The van der Waals surface area contributed by atoms with E-state index in [1.165, 1.54) is 7.11 Å². The molecule has 1 aromatic rings. The number of nitrogens with zero attached hydrogens (tertiary/aromatic N) is 2. The van der Waals surface area contributed by atoms with E-state index in [0.29, 0.717) is 11.9 Å². The van der Waals surface area contributed by atoms with E-state index in [-0.39, 0.29) is 11.9 Å². The number of anilines is 1. The van der Waals surface area contributed by atoms with E-state index in [2.05, 4.69) is 20.0 Å². The van der Waals surface area contributed by atoms with Crippen molar-refractivity contribution in [1.29, 1.82) is 0 Å². The fourth-order valence-corrected chi connectivity index (χ4v) is 1.81. The lowest BCUT2D eigenvalue weighted by atomic mass is 9.88. The van der Waals surface area contributed by atoms with Gasteiger partial charge in [-0.25, -0.2) is 14.8 Å². The molecule has 2 rings (SSSR count). The first kappa shape index (κ1) is 11.8. The van der Waals surface area contributed by atoms with Crippen molar-refractivity contribution < 1.29 is 9.53 Å². The number of rotatable bonds is 3. The van der Waals surface area contributed by atoms with Gasteiger partial charge in [0.2, 0.25) is 5.82 Å². The summed E-state index contributed by atoms with van der Waals surface area (Å²) in [6, 6.07) is 2.41. The van der Waals surface area contributed by atoms with Crippen LogP contribution in [0, 0.1) is 6.92 Å². The minimum absolute atomic E-state index is 0.0821. The first-order valence-corrected chi connectivity index (χ1v) is 5.54. The summed E-state index contributed by atoms with van der Waals surface area (Å²) in [7, 11) is 1.31. The number of nitrogens with one attached hydrogen (secondary N) is 1. The van der Waals surface area contributed by atoms with Gasteiger partial charge < -0.3 is 15.8 Å². The number of hydrogen-bond acceptors (Lipinski definition) is 6. The lowest BCUT2D eigenvalue weighted by molar-refractivity contribution is 0.0586. The molecule has 0 aliphatic heterocycles. The number of carbonyl (C=O) groups is 1. The number of carbonyl (C=O) groups excluding carboxylic acids is 1. The van der Waals surface area contributed by atoms with E-state index in [0.717, 1.165) is 18.5 Å². The van der Waals surface area contributed by atoms with Crippen LogP contribution in [0.1, 0.15) is 29.2 Å². The highest BCUT2D eigenvalue weighted by Crippen LogP contribution is 2.21. The highest BCUT2D eigenvalue weighted by atomic mass is 16.5. The average Bonchev–Trinajstić information content (AvgIpc) is 2.25. The monoisotopic (exact) mass is 236 g/mol. The third-order valence-corrected chi connectivity index (χ3v) is 2.75. The Hall–Kier alpha value is -1.69. The van der Waals surface area contributed by atoms with Gasteiger partial charge in [0, 0.05) is 23.8 Å². The van der Waals surface area contributed by atoms with E-state index in [1.807, 2.05) is 6.92 Å². The maximum atomic E-state index is 11.3. The van der Waals surface area contributed by atoms with Crippen LogP contribution in [0.3, 0.4) is 0 Å². The molecule has 0 amide bonds. The Morgan fingerprint density at radius 3 is 2.82 bits per heavy atom. The second-order valence-electron chi connectivity index (χ2n) is 4.28. The summed E-state index contributed by atoms with van der Waals surface area (Å²) in [5.74, 6) is 0.204. The fourth-order valence-electron chi connectivity index (χ4n) is 1.81. The van der Waals surface area contributed by atoms with Crippen molar-refractivity contribution in [3.8, 4) is 0 Å². The summed E-state index contributed by atoms with van der Waals surface area (Å²) in [6.45, 7) is 1.81. The molecule has 1 heterocycles. The van der Waals surface area contributed by atoms with Gasteiger partial charge in [0.05, 0.1) is 7.11 Å². The number of aryl methyl sites for hydroxylation is 1. The maximum absolute atomic E-state index is 11.3. The molecule has 1 saturated carbocycles. The summed E-state index contributed by atoms with van der Waals surface area (Å²) < 4.78 is 4.60. The van der Waals surface area contributed by atoms with Crippen LogP contribution in [-0.4, -0.2) is 35.1 Å². The van der Waals surface area contributed by atoms with Crippen LogP contribution in [0.25, 0.3) is 0 Å². The standard InChI is InChI=1S/C11H16N4O2/c1-6-3-9(14-8-4-7(12)5-8)15-10(13-6)11(16)17-2/h3,7-8H,4-5,12H2,1-2H3,(H,13,14,15). The summed E-state index contributed by atoms with van der Waals surface area (Å²) in [6.07, 6.45) is 1.85. The molecular weight excluding hydrogens is 220 g/mol. The maximum Gasteiger partial charge on any atom is 0.376 e. The van der Waals surface area contributed by atoms with Crippen molar-refractivity contribution >= 4 is 11.8 Å². The van der Waals surface area contributed by atoms with E-state index in [9.17, 15) is 4.79 Å². The topological polar surface area (TPSA) is 90.1 Å². The Kier molecular flexibility index (Phi) is 3.23. The van der Waals surface area contributed by atoms with Gasteiger partial charge in [-0.05, 0) is 19.8 Å². The lowest BCUT2D eigenvalue weighted by Gasteiger charge is -2.33. The summed E-state index contributed by atoms with van der Waals surface area (Å²) >= 11 is 0. The molecule has 0 radical (unpaired) electrons. The van der Waals surface area contributed by atoms with Gasteiger partial charge in [0.25, 0.3) is 0 Å². The third kappa shape index (κ3) is 2.71. The normalized spacial score (nSPS) is 22.8. The van der Waals surface area contributed by atoms with E-state index in [1.54, 1.807) is 6.07 Å². The van der Waals surface area contributed by atoms with Gasteiger partial charge in [0.1, 0.15) is 5.82 Å². The van der Waals surface area contributed by atoms with Crippen LogP contribution in [0.2, 0.25) is 0 Å². The Morgan fingerprint density at radius 1 is 1.53 bits per heavy atom. The molecule has 0 saturated heterocycles. The largest absolute Gasteiger partial charge is 0.463 e. The minimum Gasteiger partial charge on any atom is -0.463 e. The minimum atomic E-state index is -0.526. The fraction of sp³-hybridized carbons (Fsp3) is 0.545.